The summed E-state index contributed by atoms with van der Waals surface area (Å²) in [5.41, 5.74) is 2.37. The number of hydrogen-bond acceptors (Lipinski definition) is 1. The highest BCUT2D eigenvalue weighted by Gasteiger charge is 2.28. The Morgan fingerprint density at radius 1 is 1.64 bits per heavy atom. The van der Waals surface area contributed by atoms with Crippen LogP contribution in [0.3, 0.4) is 0 Å². The van der Waals surface area contributed by atoms with Crippen LogP contribution in [0.1, 0.15) is 19.8 Å². The van der Waals surface area contributed by atoms with Crippen LogP contribution in [0, 0.1) is 5.92 Å². The van der Waals surface area contributed by atoms with E-state index in [-0.39, 0.29) is 5.91 Å². The van der Waals surface area contributed by atoms with Gasteiger partial charge in [-0.25, -0.2) is 0 Å². The van der Waals surface area contributed by atoms with E-state index in [2.05, 4.69) is 17.5 Å². The molecule has 0 spiro atoms. The molecule has 1 N–H and O–H groups in total. The molecular formula is C9H11NO. The molecule has 2 heteroatoms. The number of allylic oxidation sites excluding steroid dienone is 4. The molecule has 0 aromatic carbocycles. The van der Waals surface area contributed by atoms with Gasteiger partial charge in [-0.05, 0) is 18.9 Å². The van der Waals surface area contributed by atoms with Crippen LogP contribution >= 0.6 is 0 Å². The molecule has 0 aromatic rings. The molecule has 1 aliphatic carbocycles. The van der Waals surface area contributed by atoms with Gasteiger partial charge in [0.2, 0.25) is 5.91 Å². The number of carbonyl (C=O) groups is 1. The molecular weight excluding hydrogens is 138 g/mol. The van der Waals surface area contributed by atoms with Gasteiger partial charge in [0.05, 0.1) is 0 Å². The Labute approximate surface area is 66.0 Å². The van der Waals surface area contributed by atoms with Crippen molar-refractivity contribution in [2.75, 3.05) is 0 Å². The van der Waals surface area contributed by atoms with Crippen molar-refractivity contribution in [1.82, 2.24) is 5.32 Å². The lowest BCUT2D eigenvalue weighted by molar-refractivity contribution is -0.119. The monoisotopic (exact) mass is 149 g/mol. The Kier molecular flexibility index (Phi) is 1.34. The molecule has 0 saturated carbocycles. The van der Waals surface area contributed by atoms with E-state index < -0.39 is 0 Å². The van der Waals surface area contributed by atoms with E-state index in [0.29, 0.717) is 12.3 Å². The van der Waals surface area contributed by atoms with Gasteiger partial charge in [-0.2, -0.15) is 0 Å². The predicted molar refractivity (Wildman–Crippen MR) is 42.7 cm³/mol. The third-order valence-corrected chi connectivity index (χ3v) is 2.33. The maximum absolute atomic E-state index is 11.0. The lowest BCUT2D eigenvalue weighted by atomic mass is 9.93. The first kappa shape index (κ1) is 6.65. The van der Waals surface area contributed by atoms with Crippen molar-refractivity contribution in [2.45, 2.75) is 19.8 Å². The zero-order valence-corrected chi connectivity index (χ0v) is 6.55. The number of carbonyl (C=O) groups excluding carboxylic acids is 1. The fourth-order valence-corrected chi connectivity index (χ4v) is 1.75. The summed E-state index contributed by atoms with van der Waals surface area (Å²) in [4.78, 5) is 11.0. The van der Waals surface area contributed by atoms with E-state index in [0.717, 1.165) is 12.1 Å². The van der Waals surface area contributed by atoms with Gasteiger partial charge in [-0.1, -0.05) is 12.2 Å². The molecule has 0 bridgehead atoms. The van der Waals surface area contributed by atoms with Crippen LogP contribution in [0.5, 0.6) is 0 Å². The first-order chi connectivity index (χ1) is 5.27. The number of rotatable bonds is 0. The van der Waals surface area contributed by atoms with Gasteiger partial charge >= 0.3 is 0 Å². The zero-order valence-electron chi connectivity index (χ0n) is 6.55. The van der Waals surface area contributed by atoms with Crippen LogP contribution in [0.15, 0.2) is 23.4 Å². The summed E-state index contributed by atoms with van der Waals surface area (Å²) in [6, 6.07) is 0. The van der Waals surface area contributed by atoms with Crippen molar-refractivity contribution in [3.63, 3.8) is 0 Å². The van der Waals surface area contributed by atoms with Gasteiger partial charge in [-0.15, -0.1) is 0 Å². The molecule has 0 radical (unpaired) electrons. The van der Waals surface area contributed by atoms with Crippen molar-refractivity contribution in [3.8, 4) is 0 Å². The number of nitrogens with one attached hydrogen (secondary N) is 1. The quantitative estimate of drug-likeness (QED) is 0.553. The topological polar surface area (TPSA) is 29.1 Å². The Bertz CT molecular complexity index is 263. The molecule has 2 nitrogen and oxygen atoms in total. The maximum Gasteiger partial charge on any atom is 0.224 e. The SMILES string of the molecule is CC1=C2NC(=O)CC2CC=C1. The van der Waals surface area contributed by atoms with Crippen molar-refractivity contribution in [2.24, 2.45) is 5.92 Å². The summed E-state index contributed by atoms with van der Waals surface area (Å²) in [6.45, 7) is 2.05. The minimum atomic E-state index is 0.174. The Hall–Kier alpha value is -1.05. The third kappa shape index (κ3) is 0.985. The molecule has 2 rings (SSSR count). The summed E-state index contributed by atoms with van der Waals surface area (Å²) in [6.07, 6.45) is 5.92. The average molecular weight is 149 g/mol. The van der Waals surface area contributed by atoms with Gasteiger partial charge < -0.3 is 5.32 Å². The van der Waals surface area contributed by atoms with Gasteiger partial charge in [-0.3, -0.25) is 4.79 Å². The van der Waals surface area contributed by atoms with Crippen molar-refractivity contribution < 1.29 is 4.79 Å². The Balaban J connectivity index is 2.35. The van der Waals surface area contributed by atoms with Crippen LogP contribution in [0.25, 0.3) is 0 Å². The molecule has 1 amide bonds. The molecule has 58 valence electrons. The summed E-state index contributed by atoms with van der Waals surface area (Å²) in [7, 11) is 0. The molecule has 1 saturated heterocycles. The van der Waals surface area contributed by atoms with Crippen molar-refractivity contribution in [3.05, 3.63) is 23.4 Å². The summed E-state index contributed by atoms with van der Waals surface area (Å²) in [5.74, 6) is 0.626. The Morgan fingerprint density at radius 3 is 3.18 bits per heavy atom. The van der Waals surface area contributed by atoms with Crippen LogP contribution in [0.4, 0.5) is 0 Å². The van der Waals surface area contributed by atoms with E-state index in [4.69, 9.17) is 0 Å². The largest absolute Gasteiger partial charge is 0.329 e. The summed E-state index contributed by atoms with van der Waals surface area (Å²) in [5, 5.41) is 2.90. The summed E-state index contributed by atoms with van der Waals surface area (Å²) < 4.78 is 0. The lowest BCUT2D eigenvalue weighted by Crippen LogP contribution is -2.14. The molecule has 2 aliphatic rings. The minimum absolute atomic E-state index is 0.174. The van der Waals surface area contributed by atoms with Crippen LogP contribution in [-0.2, 0) is 4.79 Å². The van der Waals surface area contributed by atoms with Crippen LogP contribution in [0.2, 0.25) is 0 Å². The molecule has 0 aromatic heterocycles. The van der Waals surface area contributed by atoms with Crippen LogP contribution < -0.4 is 5.32 Å². The fraction of sp³-hybridized carbons (Fsp3) is 0.444. The second-order valence-corrected chi connectivity index (χ2v) is 3.18. The van der Waals surface area contributed by atoms with E-state index in [1.807, 2.05) is 6.92 Å². The smallest absolute Gasteiger partial charge is 0.224 e. The van der Waals surface area contributed by atoms with Gasteiger partial charge in [0.25, 0.3) is 0 Å². The average Bonchev–Trinajstić information content (AvgIpc) is 2.31. The minimum Gasteiger partial charge on any atom is -0.329 e. The van der Waals surface area contributed by atoms with Crippen molar-refractivity contribution in [1.29, 1.82) is 0 Å². The van der Waals surface area contributed by atoms with Crippen LogP contribution in [-0.4, -0.2) is 5.91 Å². The van der Waals surface area contributed by atoms with E-state index >= 15 is 0 Å². The fourth-order valence-electron chi connectivity index (χ4n) is 1.75. The second-order valence-electron chi connectivity index (χ2n) is 3.18. The second kappa shape index (κ2) is 2.22. The number of hydrogen-bond donors (Lipinski definition) is 1. The number of fused-ring (bicyclic) bond motifs is 1. The first-order valence-corrected chi connectivity index (χ1v) is 3.94. The van der Waals surface area contributed by atoms with E-state index in [9.17, 15) is 4.79 Å². The third-order valence-electron chi connectivity index (χ3n) is 2.33. The molecule has 1 heterocycles. The lowest BCUT2D eigenvalue weighted by Gasteiger charge is -2.14. The maximum atomic E-state index is 11.0. The molecule has 1 atom stereocenters. The Morgan fingerprint density at radius 2 is 2.45 bits per heavy atom. The van der Waals surface area contributed by atoms with Gasteiger partial charge in [0, 0.05) is 18.0 Å². The highest BCUT2D eigenvalue weighted by Crippen LogP contribution is 2.30. The highest BCUT2D eigenvalue weighted by atomic mass is 16.1. The summed E-state index contributed by atoms with van der Waals surface area (Å²) >= 11 is 0. The van der Waals surface area contributed by atoms with E-state index in [1.165, 1.54) is 5.57 Å². The molecule has 1 unspecified atom stereocenters. The number of amides is 1. The predicted octanol–water partition coefficient (Wildman–Crippen LogP) is 1.36. The standard InChI is InChI=1S/C9H11NO/c1-6-3-2-4-7-5-8(11)10-9(6)7/h2-3,7H,4-5H2,1H3,(H,10,11). The van der Waals surface area contributed by atoms with Gasteiger partial charge in [0.15, 0.2) is 0 Å². The zero-order chi connectivity index (χ0) is 7.84. The van der Waals surface area contributed by atoms with E-state index in [1.54, 1.807) is 0 Å². The molecule has 11 heavy (non-hydrogen) atoms. The van der Waals surface area contributed by atoms with Gasteiger partial charge in [0.1, 0.15) is 0 Å². The van der Waals surface area contributed by atoms with Crippen molar-refractivity contribution >= 4 is 5.91 Å². The highest BCUT2D eigenvalue weighted by molar-refractivity contribution is 5.82. The molecule has 1 fully saturated rings. The first-order valence-electron chi connectivity index (χ1n) is 3.94. The molecule has 1 aliphatic heterocycles. The normalized spacial score (nSPS) is 28.8.